The smallest absolute Gasteiger partial charge is 0.359 e. The minimum atomic E-state index is -1.49. The van der Waals surface area contributed by atoms with Crippen LogP contribution in [0.25, 0.3) is 0 Å². The number of hydrogen-bond donors (Lipinski definition) is 1. The molecule has 1 aromatic rings. The molecular weight excluding hydrogens is 175 g/mol. The van der Waals surface area contributed by atoms with Gasteiger partial charge in [-0.1, -0.05) is 11.6 Å². The number of halogens is 2. The van der Waals surface area contributed by atoms with Crippen molar-refractivity contribution in [1.29, 1.82) is 0 Å². The normalized spacial score (nSPS) is 9.64. The highest BCUT2D eigenvalue weighted by atomic mass is 35.5. The van der Waals surface area contributed by atoms with Crippen molar-refractivity contribution in [2.24, 2.45) is 0 Å². The summed E-state index contributed by atoms with van der Waals surface area (Å²) in [6.07, 6.45) is 0.934. The summed E-state index contributed by atoms with van der Waals surface area (Å²) in [4.78, 5) is 16.4. The average Bonchev–Trinajstić information content (AvgIpc) is 1.94. The van der Waals surface area contributed by atoms with E-state index in [4.69, 9.17) is 16.7 Å². The Morgan fingerprint density at radius 2 is 2.36 bits per heavy atom. The van der Waals surface area contributed by atoms with Gasteiger partial charge in [-0.25, -0.2) is 14.8 Å². The molecule has 0 bridgehead atoms. The van der Waals surface area contributed by atoms with Gasteiger partial charge in [0.1, 0.15) is 5.15 Å². The van der Waals surface area contributed by atoms with Crippen LogP contribution in [0.3, 0.4) is 0 Å². The van der Waals surface area contributed by atoms with Crippen LogP contribution < -0.4 is 0 Å². The van der Waals surface area contributed by atoms with Crippen molar-refractivity contribution in [3.05, 3.63) is 23.0 Å². The summed E-state index contributed by atoms with van der Waals surface area (Å²) in [5.41, 5.74) is -0.766. The summed E-state index contributed by atoms with van der Waals surface area (Å²) >= 11 is 5.26. The third-order valence-electron chi connectivity index (χ3n) is 0.901. The Morgan fingerprint density at radius 1 is 1.73 bits per heavy atom. The molecule has 0 fully saturated rings. The van der Waals surface area contributed by atoms with Gasteiger partial charge in [0.2, 0.25) is 11.6 Å². The minimum absolute atomic E-state index is 0.149. The second-order valence-electron chi connectivity index (χ2n) is 1.64. The molecule has 1 aromatic heterocycles. The molecule has 1 heterocycles. The quantitative estimate of drug-likeness (QED) is 0.693. The molecule has 0 saturated carbocycles. The van der Waals surface area contributed by atoms with Crippen molar-refractivity contribution in [1.82, 2.24) is 9.97 Å². The van der Waals surface area contributed by atoms with Gasteiger partial charge >= 0.3 is 5.97 Å². The fourth-order valence-corrected chi connectivity index (χ4v) is 0.622. The first-order valence-corrected chi connectivity index (χ1v) is 2.90. The van der Waals surface area contributed by atoms with E-state index in [1.165, 1.54) is 0 Å². The molecule has 0 atom stereocenters. The largest absolute Gasteiger partial charge is 0.476 e. The molecule has 0 spiro atoms. The molecular formula is C5H2ClFN2O2. The van der Waals surface area contributed by atoms with Crippen molar-refractivity contribution in [3.8, 4) is 0 Å². The van der Waals surface area contributed by atoms with Gasteiger partial charge in [0, 0.05) is 0 Å². The Hall–Kier alpha value is -1.23. The van der Waals surface area contributed by atoms with E-state index in [2.05, 4.69) is 9.97 Å². The molecule has 11 heavy (non-hydrogen) atoms. The summed E-state index contributed by atoms with van der Waals surface area (Å²) < 4.78 is 12.4. The van der Waals surface area contributed by atoms with Crippen molar-refractivity contribution in [2.75, 3.05) is 0 Å². The van der Waals surface area contributed by atoms with E-state index in [0.29, 0.717) is 0 Å². The molecule has 58 valence electrons. The van der Waals surface area contributed by atoms with Crippen molar-refractivity contribution < 1.29 is 14.3 Å². The van der Waals surface area contributed by atoms with Crippen LogP contribution in [0.5, 0.6) is 0 Å². The zero-order valence-electron chi connectivity index (χ0n) is 5.08. The third kappa shape index (κ3) is 1.62. The predicted octanol–water partition coefficient (Wildman–Crippen LogP) is 0.967. The molecule has 0 unspecified atom stereocenters. The lowest BCUT2D eigenvalue weighted by Crippen LogP contribution is -2.05. The van der Waals surface area contributed by atoms with Crippen molar-refractivity contribution in [2.45, 2.75) is 0 Å². The van der Waals surface area contributed by atoms with E-state index in [1.807, 2.05) is 0 Å². The Morgan fingerprint density at radius 3 is 2.82 bits per heavy atom. The van der Waals surface area contributed by atoms with E-state index >= 15 is 0 Å². The Bertz CT molecular complexity index is 305. The lowest BCUT2D eigenvalue weighted by molar-refractivity contribution is 0.0683. The number of nitrogens with zero attached hydrogens (tertiary/aromatic N) is 2. The first-order chi connectivity index (χ1) is 5.11. The van der Waals surface area contributed by atoms with Crippen molar-refractivity contribution in [3.63, 3.8) is 0 Å². The summed E-state index contributed by atoms with van der Waals surface area (Å²) in [5.74, 6) is -2.63. The molecule has 1 rings (SSSR count). The Labute approximate surface area is 65.7 Å². The van der Waals surface area contributed by atoms with Crippen LogP contribution in [0, 0.1) is 5.95 Å². The summed E-state index contributed by atoms with van der Waals surface area (Å²) in [6.45, 7) is 0. The Balaban J connectivity index is 3.23. The molecule has 0 saturated heterocycles. The number of rotatable bonds is 1. The van der Waals surface area contributed by atoms with Gasteiger partial charge < -0.3 is 5.11 Å². The molecule has 0 aliphatic heterocycles. The highest BCUT2D eigenvalue weighted by Gasteiger charge is 2.13. The van der Waals surface area contributed by atoms with Gasteiger partial charge in [-0.3, -0.25) is 0 Å². The van der Waals surface area contributed by atoms with E-state index in [1.54, 1.807) is 0 Å². The van der Waals surface area contributed by atoms with Crippen LogP contribution >= 0.6 is 11.6 Å². The fraction of sp³-hybridized carbons (Fsp3) is 0. The molecule has 4 nitrogen and oxygen atoms in total. The summed E-state index contributed by atoms with van der Waals surface area (Å²) in [6, 6.07) is 0. The molecule has 1 N–H and O–H groups in total. The molecule has 0 amide bonds. The second kappa shape index (κ2) is 2.79. The molecule has 0 aliphatic carbocycles. The van der Waals surface area contributed by atoms with Crippen LogP contribution in [0.4, 0.5) is 4.39 Å². The SMILES string of the molecule is O=C(O)c1nc(Cl)cnc1F. The maximum absolute atomic E-state index is 12.4. The number of carboxylic acid groups (broad SMARTS) is 1. The van der Waals surface area contributed by atoms with Gasteiger partial charge in [-0.15, -0.1) is 0 Å². The molecule has 0 aliphatic rings. The number of carbonyl (C=O) groups is 1. The standard InChI is InChI=1S/C5H2ClFN2O2/c6-2-1-8-4(7)3(9-2)5(10)11/h1H,(H,10,11). The van der Waals surface area contributed by atoms with Crippen molar-refractivity contribution >= 4 is 17.6 Å². The zero-order valence-corrected chi connectivity index (χ0v) is 5.84. The number of aromatic carboxylic acids is 1. The van der Waals surface area contributed by atoms with Gasteiger partial charge in [0.25, 0.3) is 0 Å². The topological polar surface area (TPSA) is 63.1 Å². The van der Waals surface area contributed by atoms with Crippen LogP contribution in [0.2, 0.25) is 5.15 Å². The van der Waals surface area contributed by atoms with Gasteiger partial charge in [-0.2, -0.15) is 4.39 Å². The monoisotopic (exact) mass is 176 g/mol. The zero-order chi connectivity index (χ0) is 8.43. The van der Waals surface area contributed by atoms with Crippen LogP contribution in [0.15, 0.2) is 6.20 Å². The summed E-state index contributed by atoms with van der Waals surface area (Å²) in [5, 5.41) is 8.14. The minimum Gasteiger partial charge on any atom is -0.476 e. The van der Waals surface area contributed by atoms with E-state index in [9.17, 15) is 9.18 Å². The molecule has 0 aromatic carbocycles. The summed E-state index contributed by atoms with van der Waals surface area (Å²) in [7, 11) is 0. The average molecular weight is 177 g/mol. The third-order valence-corrected chi connectivity index (χ3v) is 1.08. The van der Waals surface area contributed by atoms with Gasteiger partial charge in [0.15, 0.2) is 0 Å². The maximum atomic E-state index is 12.4. The maximum Gasteiger partial charge on any atom is 0.359 e. The lowest BCUT2D eigenvalue weighted by atomic mass is 10.4. The first kappa shape index (κ1) is 7.87. The lowest BCUT2D eigenvalue weighted by Gasteiger charge is -1.93. The van der Waals surface area contributed by atoms with Crippen LogP contribution in [-0.2, 0) is 0 Å². The van der Waals surface area contributed by atoms with Gasteiger partial charge in [-0.05, 0) is 0 Å². The van der Waals surface area contributed by atoms with E-state index in [0.717, 1.165) is 6.20 Å². The fourth-order valence-electron chi connectivity index (χ4n) is 0.489. The highest BCUT2D eigenvalue weighted by molar-refractivity contribution is 6.29. The molecule has 0 radical (unpaired) electrons. The predicted molar refractivity (Wildman–Crippen MR) is 34.0 cm³/mol. The van der Waals surface area contributed by atoms with E-state index in [-0.39, 0.29) is 5.15 Å². The second-order valence-corrected chi connectivity index (χ2v) is 2.02. The number of carboxylic acids is 1. The number of hydrogen-bond acceptors (Lipinski definition) is 3. The van der Waals surface area contributed by atoms with Crippen LogP contribution in [-0.4, -0.2) is 21.0 Å². The highest BCUT2D eigenvalue weighted by Crippen LogP contribution is 2.06. The molecule has 6 heteroatoms. The number of aromatic nitrogens is 2. The van der Waals surface area contributed by atoms with Crippen LogP contribution in [0.1, 0.15) is 10.5 Å². The Kier molecular flexibility index (Phi) is 2.00. The first-order valence-electron chi connectivity index (χ1n) is 2.52. The van der Waals surface area contributed by atoms with E-state index < -0.39 is 17.6 Å². The van der Waals surface area contributed by atoms with Gasteiger partial charge in [0.05, 0.1) is 6.20 Å².